The van der Waals surface area contributed by atoms with Crippen LogP contribution in [-0.4, -0.2) is 5.91 Å². The van der Waals surface area contributed by atoms with Gasteiger partial charge in [-0.15, -0.1) is 0 Å². The van der Waals surface area contributed by atoms with Gasteiger partial charge in [-0.1, -0.05) is 6.07 Å². The van der Waals surface area contributed by atoms with Crippen LogP contribution in [0.1, 0.15) is 15.9 Å². The van der Waals surface area contributed by atoms with E-state index in [1.165, 1.54) is 24.3 Å². The number of carbonyl (C=O) groups excluding carboxylic acids is 1. The van der Waals surface area contributed by atoms with Gasteiger partial charge in [0.05, 0.1) is 5.56 Å². The van der Waals surface area contributed by atoms with Gasteiger partial charge in [-0.3, -0.25) is 4.79 Å². The predicted molar refractivity (Wildman–Crippen MR) is 69.9 cm³/mol. The number of carbonyl (C=O) groups is 1. The summed E-state index contributed by atoms with van der Waals surface area (Å²) >= 11 is 0. The molecule has 0 spiro atoms. The Bertz CT molecular complexity index is 641. The highest BCUT2D eigenvalue weighted by atomic mass is 19.1. The number of nitrogens with two attached hydrogens (primary N) is 1. The highest BCUT2D eigenvalue weighted by molar-refractivity contribution is 6.04. The average molecular weight is 262 g/mol. The molecule has 2 aromatic carbocycles. The van der Waals surface area contributed by atoms with E-state index >= 15 is 0 Å². The van der Waals surface area contributed by atoms with Gasteiger partial charge >= 0.3 is 0 Å². The number of halogens is 2. The molecule has 0 aromatic heterocycles. The molecule has 0 aliphatic rings. The number of benzene rings is 2. The Labute approximate surface area is 109 Å². The second kappa shape index (κ2) is 5.06. The highest BCUT2D eigenvalue weighted by Gasteiger charge is 2.12. The van der Waals surface area contributed by atoms with Gasteiger partial charge in [0.25, 0.3) is 5.91 Å². The number of hydrogen-bond donors (Lipinski definition) is 2. The topological polar surface area (TPSA) is 55.1 Å². The van der Waals surface area contributed by atoms with E-state index in [0.717, 1.165) is 6.07 Å². The van der Waals surface area contributed by atoms with E-state index in [0.29, 0.717) is 5.56 Å². The standard InChI is InChI=1S/C14H12F2N2O/c1-8-2-4-10(7-13(8)16)18-14(19)11-6-9(17)3-5-12(11)15/h2-7H,17H2,1H3,(H,18,19). The lowest BCUT2D eigenvalue weighted by molar-refractivity contribution is 0.102. The van der Waals surface area contributed by atoms with Crippen LogP contribution in [0.15, 0.2) is 36.4 Å². The fourth-order valence-corrected chi connectivity index (χ4v) is 1.59. The molecule has 98 valence electrons. The average Bonchev–Trinajstić information content (AvgIpc) is 2.36. The predicted octanol–water partition coefficient (Wildman–Crippen LogP) is 3.11. The van der Waals surface area contributed by atoms with E-state index in [2.05, 4.69) is 5.32 Å². The summed E-state index contributed by atoms with van der Waals surface area (Å²) in [7, 11) is 0. The maximum atomic E-state index is 13.5. The molecule has 3 N–H and O–H groups in total. The van der Waals surface area contributed by atoms with Gasteiger partial charge in [0.1, 0.15) is 11.6 Å². The first-order chi connectivity index (χ1) is 8.97. The molecule has 0 aliphatic heterocycles. The van der Waals surface area contributed by atoms with Crippen LogP contribution >= 0.6 is 0 Å². The summed E-state index contributed by atoms with van der Waals surface area (Å²) < 4.78 is 26.8. The van der Waals surface area contributed by atoms with Crippen LogP contribution in [0, 0.1) is 18.6 Å². The Hall–Kier alpha value is -2.43. The van der Waals surface area contributed by atoms with E-state index in [4.69, 9.17) is 5.73 Å². The van der Waals surface area contributed by atoms with Crippen molar-refractivity contribution in [1.82, 2.24) is 0 Å². The van der Waals surface area contributed by atoms with Crippen molar-refractivity contribution in [3.63, 3.8) is 0 Å². The molecule has 0 unspecified atom stereocenters. The first-order valence-electron chi connectivity index (χ1n) is 5.60. The summed E-state index contributed by atoms with van der Waals surface area (Å²) in [5, 5.41) is 2.42. The highest BCUT2D eigenvalue weighted by Crippen LogP contribution is 2.17. The number of hydrogen-bond acceptors (Lipinski definition) is 2. The van der Waals surface area contributed by atoms with E-state index < -0.39 is 17.5 Å². The summed E-state index contributed by atoms with van der Waals surface area (Å²) in [5.74, 6) is -1.79. The minimum absolute atomic E-state index is 0.180. The Morgan fingerprint density at radius 1 is 1.11 bits per heavy atom. The Balaban J connectivity index is 2.25. The zero-order valence-electron chi connectivity index (χ0n) is 10.2. The van der Waals surface area contributed by atoms with Crippen LogP contribution in [0.2, 0.25) is 0 Å². The first kappa shape index (κ1) is 13.0. The van der Waals surface area contributed by atoms with E-state index in [-0.39, 0.29) is 16.9 Å². The molecule has 0 radical (unpaired) electrons. The molecule has 2 aromatic rings. The van der Waals surface area contributed by atoms with Crippen molar-refractivity contribution in [3.05, 3.63) is 59.2 Å². The van der Waals surface area contributed by atoms with Crippen molar-refractivity contribution in [2.75, 3.05) is 11.1 Å². The van der Waals surface area contributed by atoms with Crippen molar-refractivity contribution in [1.29, 1.82) is 0 Å². The summed E-state index contributed by atoms with van der Waals surface area (Å²) in [6.45, 7) is 1.61. The molecule has 0 aliphatic carbocycles. The molecule has 0 bridgehead atoms. The molecule has 1 amide bonds. The molecule has 0 saturated carbocycles. The fourth-order valence-electron chi connectivity index (χ4n) is 1.59. The SMILES string of the molecule is Cc1ccc(NC(=O)c2cc(N)ccc2F)cc1F. The normalized spacial score (nSPS) is 10.3. The van der Waals surface area contributed by atoms with E-state index in [1.54, 1.807) is 13.0 Å². The lowest BCUT2D eigenvalue weighted by atomic mass is 10.1. The number of anilines is 2. The quantitative estimate of drug-likeness (QED) is 0.817. The molecule has 5 heteroatoms. The van der Waals surface area contributed by atoms with Crippen LogP contribution < -0.4 is 11.1 Å². The van der Waals surface area contributed by atoms with Gasteiger partial charge in [0.2, 0.25) is 0 Å². The van der Waals surface area contributed by atoms with Crippen LogP contribution in [0.3, 0.4) is 0 Å². The van der Waals surface area contributed by atoms with Gasteiger partial charge in [0.15, 0.2) is 0 Å². The molecule has 3 nitrogen and oxygen atoms in total. The summed E-state index contributed by atoms with van der Waals surface area (Å²) in [6, 6.07) is 7.95. The van der Waals surface area contributed by atoms with E-state index in [9.17, 15) is 13.6 Å². The maximum absolute atomic E-state index is 13.5. The first-order valence-corrected chi connectivity index (χ1v) is 5.60. The summed E-state index contributed by atoms with van der Waals surface area (Å²) in [6.07, 6.45) is 0. The zero-order chi connectivity index (χ0) is 14.0. The molecule has 0 fully saturated rings. The third kappa shape index (κ3) is 2.88. The Morgan fingerprint density at radius 3 is 2.53 bits per heavy atom. The van der Waals surface area contributed by atoms with Crippen LogP contribution in [0.5, 0.6) is 0 Å². The third-order valence-electron chi connectivity index (χ3n) is 2.66. The summed E-state index contributed by atoms with van der Waals surface area (Å²) in [5.41, 5.74) is 6.32. The Kier molecular flexibility index (Phi) is 3.46. The maximum Gasteiger partial charge on any atom is 0.258 e. The molecule has 0 atom stereocenters. The van der Waals surface area contributed by atoms with Gasteiger partial charge < -0.3 is 11.1 Å². The monoisotopic (exact) mass is 262 g/mol. The van der Waals surface area contributed by atoms with Gasteiger partial charge in [-0.25, -0.2) is 8.78 Å². The largest absolute Gasteiger partial charge is 0.399 e. The van der Waals surface area contributed by atoms with Crippen LogP contribution in [-0.2, 0) is 0 Å². The van der Waals surface area contributed by atoms with Crippen molar-refractivity contribution in [3.8, 4) is 0 Å². The molecule has 2 rings (SSSR count). The van der Waals surface area contributed by atoms with Crippen LogP contribution in [0.4, 0.5) is 20.2 Å². The number of rotatable bonds is 2. The van der Waals surface area contributed by atoms with Crippen molar-refractivity contribution >= 4 is 17.3 Å². The zero-order valence-corrected chi connectivity index (χ0v) is 10.2. The van der Waals surface area contributed by atoms with Crippen molar-refractivity contribution in [2.45, 2.75) is 6.92 Å². The minimum atomic E-state index is -0.681. The smallest absolute Gasteiger partial charge is 0.258 e. The fraction of sp³-hybridized carbons (Fsp3) is 0.0714. The van der Waals surface area contributed by atoms with Gasteiger partial charge in [0, 0.05) is 11.4 Å². The molecular weight excluding hydrogens is 250 g/mol. The molecule has 0 saturated heterocycles. The second-order valence-corrected chi connectivity index (χ2v) is 4.16. The lowest BCUT2D eigenvalue weighted by Crippen LogP contribution is -2.14. The minimum Gasteiger partial charge on any atom is -0.399 e. The lowest BCUT2D eigenvalue weighted by Gasteiger charge is -2.07. The Morgan fingerprint density at radius 2 is 1.84 bits per heavy atom. The van der Waals surface area contributed by atoms with E-state index in [1.807, 2.05) is 0 Å². The summed E-state index contributed by atoms with van der Waals surface area (Å²) in [4.78, 5) is 11.9. The van der Waals surface area contributed by atoms with Crippen LogP contribution in [0.25, 0.3) is 0 Å². The van der Waals surface area contributed by atoms with Crippen molar-refractivity contribution in [2.24, 2.45) is 0 Å². The number of nitrogens with one attached hydrogen (secondary N) is 1. The van der Waals surface area contributed by atoms with Gasteiger partial charge in [-0.2, -0.15) is 0 Å². The van der Waals surface area contributed by atoms with Crippen molar-refractivity contribution < 1.29 is 13.6 Å². The third-order valence-corrected chi connectivity index (χ3v) is 2.66. The number of amides is 1. The molecule has 19 heavy (non-hydrogen) atoms. The molecule has 0 heterocycles. The molecular formula is C14H12F2N2O. The number of aryl methyl sites for hydroxylation is 1. The second-order valence-electron chi connectivity index (χ2n) is 4.16. The number of nitrogen functional groups attached to an aromatic ring is 1. The van der Waals surface area contributed by atoms with Gasteiger partial charge in [-0.05, 0) is 42.8 Å².